The van der Waals surface area contributed by atoms with Crippen molar-refractivity contribution in [3.05, 3.63) is 80.9 Å². The molecule has 3 N–H and O–H groups in total. The van der Waals surface area contributed by atoms with Crippen LogP contribution in [0, 0.1) is 11.8 Å². The van der Waals surface area contributed by atoms with Crippen molar-refractivity contribution in [2.45, 2.75) is 11.1 Å². The van der Waals surface area contributed by atoms with E-state index in [-0.39, 0.29) is 15.5 Å². The molecule has 0 unspecified atom stereocenters. The summed E-state index contributed by atoms with van der Waals surface area (Å²) in [6.07, 6.45) is 1.35. The van der Waals surface area contributed by atoms with Crippen LogP contribution in [0.4, 0.5) is 21.9 Å². The number of carbonyl (C=O) groups is 1. The van der Waals surface area contributed by atoms with Gasteiger partial charge in [-0.15, -0.1) is 16.2 Å². The lowest BCUT2D eigenvalue weighted by atomic mass is 10.1. The van der Waals surface area contributed by atoms with Crippen LogP contribution in [0.5, 0.6) is 0 Å². The summed E-state index contributed by atoms with van der Waals surface area (Å²) >= 11 is 1.05. The molecule has 0 aliphatic carbocycles. The molecule has 4 aromatic rings. The molecule has 12 heteroatoms. The molecule has 2 amide bonds. The first kappa shape index (κ1) is 23.1. The Hall–Kier alpha value is -4.03. The SMILES string of the molecule is CNc1ccc2c(=O)n(-c3ccc(NC(=O)NS(=O)(=O)c4ccc(C)s4)cc3)cc(N=O)c2c1. The Morgan fingerprint density at radius 1 is 1.00 bits per heavy atom. The second-order valence-electron chi connectivity index (χ2n) is 7.26. The van der Waals surface area contributed by atoms with Gasteiger partial charge in [0.05, 0.1) is 0 Å². The fourth-order valence-corrected chi connectivity index (χ4v) is 5.52. The van der Waals surface area contributed by atoms with Crippen LogP contribution in [-0.4, -0.2) is 26.1 Å². The number of anilines is 2. The van der Waals surface area contributed by atoms with Crippen LogP contribution in [0.25, 0.3) is 16.5 Å². The van der Waals surface area contributed by atoms with Crippen molar-refractivity contribution < 1.29 is 13.2 Å². The topological polar surface area (TPSA) is 139 Å². The average molecular weight is 498 g/mol. The van der Waals surface area contributed by atoms with E-state index in [0.717, 1.165) is 21.9 Å². The van der Waals surface area contributed by atoms with Crippen LogP contribution in [0.3, 0.4) is 0 Å². The summed E-state index contributed by atoms with van der Waals surface area (Å²) in [5.41, 5.74) is 1.23. The Bertz CT molecular complexity index is 1570. The van der Waals surface area contributed by atoms with Gasteiger partial charge >= 0.3 is 6.03 Å². The number of nitroso groups, excluding NO2 is 1. The van der Waals surface area contributed by atoms with Crippen molar-refractivity contribution in [1.29, 1.82) is 0 Å². The molecule has 10 nitrogen and oxygen atoms in total. The Morgan fingerprint density at radius 3 is 2.32 bits per heavy atom. The first-order chi connectivity index (χ1) is 16.2. The van der Waals surface area contributed by atoms with Gasteiger partial charge in [0.25, 0.3) is 15.6 Å². The molecule has 0 fully saturated rings. The van der Waals surface area contributed by atoms with Gasteiger partial charge < -0.3 is 10.6 Å². The fourth-order valence-electron chi connectivity index (χ4n) is 3.33. The summed E-state index contributed by atoms with van der Waals surface area (Å²) in [7, 11) is -2.26. The molecule has 0 radical (unpaired) electrons. The van der Waals surface area contributed by atoms with E-state index in [2.05, 4.69) is 15.8 Å². The molecule has 0 saturated carbocycles. The number of rotatable bonds is 6. The van der Waals surface area contributed by atoms with Gasteiger partial charge in [-0.2, -0.15) is 0 Å². The summed E-state index contributed by atoms with van der Waals surface area (Å²) in [6.45, 7) is 1.76. The number of carbonyl (C=O) groups excluding carboxylic acids is 1. The van der Waals surface area contributed by atoms with Crippen LogP contribution in [-0.2, 0) is 10.0 Å². The predicted octanol–water partition coefficient (Wildman–Crippen LogP) is 4.31. The number of hydrogen-bond donors (Lipinski definition) is 3. The number of amides is 2. The van der Waals surface area contributed by atoms with Gasteiger partial charge in [0.1, 0.15) is 9.90 Å². The minimum absolute atomic E-state index is 0.0348. The van der Waals surface area contributed by atoms with Crippen LogP contribution < -0.4 is 20.9 Å². The second-order valence-corrected chi connectivity index (χ2v) is 10.5. The molecule has 0 aliphatic heterocycles. The number of aryl methyl sites for hydroxylation is 1. The first-order valence-corrected chi connectivity index (χ1v) is 12.2. The minimum Gasteiger partial charge on any atom is -0.388 e. The number of urea groups is 1. The Morgan fingerprint density at radius 2 is 1.71 bits per heavy atom. The highest BCUT2D eigenvalue weighted by Gasteiger charge is 2.19. The van der Waals surface area contributed by atoms with Crippen LogP contribution in [0.1, 0.15) is 4.88 Å². The number of fused-ring (bicyclic) bond motifs is 1. The average Bonchev–Trinajstić information content (AvgIpc) is 3.27. The molecule has 2 aromatic heterocycles. The Balaban J connectivity index is 1.58. The summed E-state index contributed by atoms with van der Waals surface area (Å²) in [5.74, 6) is 0. The predicted molar refractivity (Wildman–Crippen MR) is 133 cm³/mol. The second kappa shape index (κ2) is 9.08. The molecule has 0 spiro atoms. The van der Waals surface area contributed by atoms with Crippen LogP contribution in [0.15, 0.2) is 75.0 Å². The van der Waals surface area contributed by atoms with E-state index >= 15 is 0 Å². The van der Waals surface area contributed by atoms with E-state index in [1.807, 2.05) is 4.72 Å². The molecule has 0 atom stereocenters. The maximum absolute atomic E-state index is 13.0. The quantitative estimate of drug-likeness (QED) is 0.339. The van der Waals surface area contributed by atoms with Gasteiger partial charge in [0, 0.05) is 46.0 Å². The Kier molecular flexibility index (Phi) is 6.18. The smallest absolute Gasteiger partial charge is 0.333 e. The van der Waals surface area contributed by atoms with Gasteiger partial charge in [-0.3, -0.25) is 9.36 Å². The zero-order valence-electron chi connectivity index (χ0n) is 18.0. The highest BCUT2D eigenvalue weighted by molar-refractivity contribution is 7.92. The molecular weight excluding hydrogens is 478 g/mol. The van der Waals surface area contributed by atoms with Gasteiger partial charge in [0.15, 0.2) is 0 Å². The number of nitrogens with zero attached hydrogens (tertiary/aromatic N) is 2. The van der Waals surface area contributed by atoms with E-state index in [0.29, 0.717) is 22.1 Å². The number of benzene rings is 2. The largest absolute Gasteiger partial charge is 0.388 e. The highest BCUT2D eigenvalue weighted by atomic mass is 32.2. The molecule has 0 saturated heterocycles. The third-order valence-electron chi connectivity index (χ3n) is 4.99. The fraction of sp³-hybridized carbons (Fsp3) is 0.0909. The molecule has 2 aromatic carbocycles. The lowest BCUT2D eigenvalue weighted by molar-refractivity contribution is 0.256. The van der Waals surface area contributed by atoms with E-state index in [4.69, 9.17) is 0 Å². The highest BCUT2D eigenvalue weighted by Crippen LogP contribution is 2.27. The van der Waals surface area contributed by atoms with Crippen molar-refractivity contribution in [2.75, 3.05) is 17.7 Å². The monoisotopic (exact) mass is 497 g/mol. The third kappa shape index (κ3) is 4.54. The number of pyridine rings is 1. The molecular formula is C22H19N5O5S2. The zero-order chi connectivity index (χ0) is 24.5. The van der Waals surface area contributed by atoms with Crippen molar-refractivity contribution in [3.8, 4) is 5.69 Å². The van der Waals surface area contributed by atoms with Crippen LogP contribution in [0.2, 0.25) is 0 Å². The van der Waals surface area contributed by atoms with Crippen molar-refractivity contribution in [2.24, 2.45) is 5.18 Å². The lowest BCUT2D eigenvalue weighted by Crippen LogP contribution is -2.33. The summed E-state index contributed by atoms with van der Waals surface area (Å²) in [4.78, 5) is 37.4. The van der Waals surface area contributed by atoms with Gasteiger partial charge in [-0.25, -0.2) is 17.9 Å². The summed E-state index contributed by atoms with van der Waals surface area (Å²) < 4.78 is 27.9. The maximum atomic E-state index is 13.0. The normalized spacial score (nSPS) is 11.2. The van der Waals surface area contributed by atoms with Crippen LogP contribution >= 0.6 is 11.3 Å². The standard InChI is InChI=1S/C22H19N5O5S2/c1-13-3-10-20(33-13)34(31,32)26-22(29)24-14-4-7-16(8-5-14)27-12-19(25-30)18-11-15(23-2)6-9-17(18)21(27)28/h3-12,23H,1-2H3,(H2,24,26,29). The molecule has 2 heterocycles. The van der Waals surface area contributed by atoms with Gasteiger partial charge in [-0.05, 0) is 66.7 Å². The lowest BCUT2D eigenvalue weighted by Gasteiger charge is -2.11. The van der Waals surface area contributed by atoms with Crippen molar-refractivity contribution in [3.63, 3.8) is 0 Å². The van der Waals surface area contributed by atoms with E-state index in [9.17, 15) is 22.9 Å². The molecule has 4 rings (SSSR count). The maximum Gasteiger partial charge on any atom is 0.333 e. The number of nitrogens with one attached hydrogen (secondary N) is 3. The van der Waals surface area contributed by atoms with E-state index in [1.54, 1.807) is 50.4 Å². The number of hydrogen-bond acceptors (Lipinski definition) is 8. The molecule has 174 valence electrons. The minimum atomic E-state index is -3.98. The number of sulfonamides is 1. The van der Waals surface area contributed by atoms with E-state index in [1.165, 1.54) is 29.0 Å². The number of aromatic nitrogens is 1. The summed E-state index contributed by atoms with van der Waals surface area (Å²) in [6, 6.07) is 13.3. The van der Waals surface area contributed by atoms with E-state index < -0.39 is 16.1 Å². The summed E-state index contributed by atoms with van der Waals surface area (Å²) in [5, 5.41) is 9.21. The van der Waals surface area contributed by atoms with Gasteiger partial charge in [-0.1, -0.05) is 0 Å². The first-order valence-electron chi connectivity index (χ1n) is 9.93. The zero-order valence-corrected chi connectivity index (χ0v) is 19.7. The molecule has 34 heavy (non-hydrogen) atoms. The number of thiophene rings is 1. The third-order valence-corrected chi connectivity index (χ3v) is 7.82. The molecule has 0 aliphatic rings. The van der Waals surface area contributed by atoms with Crippen molar-refractivity contribution in [1.82, 2.24) is 9.29 Å². The van der Waals surface area contributed by atoms with Crippen molar-refractivity contribution >= 4 is 55.2 Å². The Labute approximate surface area is 198 Å². The molecule has 0 bridgehead atoms. The van der Waals surface area contributed by atoms with Gasteiger partial charge in [0.2, 0.25) is 0 Å².